The molecule has 6 nitrogen and oxygen atoms in total. The Morgan fingerprint density at radius 3 is 2.63 bits per heavy atom. The molecular formula is C23H35NaO6. The fraction of sp³-hybridized carbons (Fsp3) is 0.739. The summed E-state index contributed by atoms with van der Waals surface area (Å²) >= 11 is 0. The Morgan fingerprint density at radius 2 is 2.00 bits per heavy atom. The van der Waals surface area contributed by atoms with Gasteiger partial charge < -0.3 is 24.9 Å². The van der Waals surface area contributed by atoms with Crippen LogP contribution in [0, 0.1) is 23.7 Å². The van der Waals surface area contributed by atoms with E-state index in [0.29, 0.717) is 12.8 Å². The van der Waals surface area contributed by atoms with E-state index in [-0.39, 0.29) is 71.7 Å². The van der Waals surface area contributed by atoms with Crippen LogP contribution < -0.4 is 34.7 Å². The molecule has 0 aromatic rings. The fourth-order valence-corrected chi connectivity index (χ4v) is 4.48. The standard InChI is InChI=1S/C23H36O6.Na/c1-4-14(2)23(28)29-20-7-5-6-16-9-8-15(3)19(22(16)20)11-10-17(24)12-18(25)13-21(26)27;/h6,8-9,14-15,17-20,22,24-25H,4-5,7,10-13H2,1-3H3,(H,26,27);/q;+1/p-1. The number of carbonyl (C=O) groups is 2. The van der Waals surface area contributed by atoms with Crippen LogP contribution in [0.15, 0.2) is 23.8 Å². The van der Waals surface area contributed by atoms with Gasteiger partial charge in [0.05, 0.1) is 18.1 Å². The normalized spacial score (nSPS) is 28.4. The van der Waals surface area contributed by atoms with E-state index in [4.69, 9.17) is 4.74 Å². The van der Waals surface area contributed by atoms with Gasteiger partial charge in [0.2, 0.25) is 0 Å². The first-order chi connectivity index (χ1) is 13.7. The summed E-state index contributed by atoms with van der Waals surface area (Å²) in [7, 11) is 0. The van der Waals surface area contributed by atoms with Crippen molar-refractivity contribution in [3.05, 3.63) is 23.8 Å². The SMILES string of the molecule is CCC(C)C(=O)OC1CCC=C2C=CC(C)C(CCC(O)CC(O)CC(=O)[O-])C21.[Na+]. The average molecular weight is 431 g/mol. The van der Waals surface area contributed by atoms with Crippen molar-refractivity contribution in [3.63, 3.8) is 0 Å². The predicted octanol–water partition coefficient (Wildman–Crippen LogP) is -0.861. The molecule has 0 fully saturated rings. The quantitative estimate of drug-likeness (QED) is 0.345. The summed E-state index contributed by atoms with van der Waals surface area (Å²) < 4.78 is 5.92. The van der Waals surface area contributed by atoms with Gasteiger partial charge >= 0.3 is 35.5 Å². The number of carboxylic acids is 1. The van der Waals surface area contributed by atoms with Crippen molar-refractivity contribution in [2.24, 2.45) is 23.7 Å². The molecule has 7 atom stereocenters. The van der Waals surface area contributed by atoms with E-state index in [0.717, 1.165) is 19.3 Å². The maximum Gasteiger partial charge on any atom is 1.00 e. The summed E-state index contributed by atoms with van der Waals surface area (Å²) in [5.74, 6) is -0.984. The zero-order chi connectivity index (χ0) is 21.6. The van der Waals surface area contributed by atoms with Gasteiger partial charge in [-0.25, -0.2) is 0 Å². The van der Waals surface area contributed by atoms with E-state index in [1.54, 1.807) is 0 Å². The number of hydrogen-bond donors (Lipinski definition) is 2. The smallest absolute Gasteiger partial charge is 0.550 e. The van der Waals surface area contributed by atoms with E-state index >= 15 is 0 Å². The number of carboxylic acid groups (broad SMARTS) is 1. The molecule has 2 aliphatic rings. The van der Waals surface area contributed by atoms with Gasteiger partial charge in [-0.2, -0.15) is 0 Å². The van der Waals surface area contributed by atoms with Crippen LogP contribution in [0.2, 0.25) is 0 Å². The van der Waals surface area contributed by atoms with Gasteiger partial charge in [0.25, 0.3) is 0 Å². The van der Waals surface area contributed by atoms with Crippen LogP contribution in [0.3, 0.4) is 0 Å². The van der Waals surface area contributed by atoms with Crippen molar-refractivity contribution in [1.29, 1.82) is 0 Å². The van der Waals surface area contributed by atoms with Crippen LogP contribution in [0.4, 0.5) is 0 Å². The van der Waals surface area contributed by atoms with Gasteiger partial charge in [-0.3, -0.25) is 4.79 Å². The van der Waals surface area contributed by atoms with Gasteiger partial charge in [0, 0.05) is 18.3 Å². The molecule has 0 radical (unpaired) electrons. The molecular weight excluding hydrogens is 395 g/mol. The Labute approximate surface area is 202 Å². The molecule has 0 heterocycles. The second kappa shape index (κ2) is 13.0. The minimum atomic E-state index is -1.32. The van der Waals surface area contributed by atoms with Crippen molar-refractivity contribution in [1.82, 2.24) is 0 Å². The number of aliphatic hydroxyl groups excluding tert-OH is 2. The van der Waals surface area contributed by atoms with Crippen molar-refractivity contribution in [3.8, 4) is 0 Å². The topological polar surface area (TPSA) is 107 Å². The van der Waals surface area contributed by atoms with Gasteiger partial charge in [0.1, 0.15) is 6.10 Å². The third-order valence-electron chi connectivity index (χ3n) is 6.41. The number of allylic oxidation sites excluding steroid dienone is 3. The molecule has 7 heteroatoms. The molecule has 0 bridgehead atoms. The van der Waals surface area contributed by atoms with Crippen LogP contribution in [-0.4, -0.2) is 40.5 Å². The maximum absolute atomic E-state index is 12.4. The van der Waals surface area contributed by atoms with E-state index in [9.17, 15) is 24.9 Å². The first kappa shape index (κ1) is 27.4. The Balaban J connectivity index is 0.00000450. The number of rotatable bonds is 10. The largest absolute Gasteiger partial charge is 1.00 e. The zero-order valence-electron chi connectivity index (χ0n) is 18.8. The fourth-order valence-electron chi connectivity index (χ4n) is 4.48. The molecule has 0 amide bonds. The molecule has 0 saturated heterocycles. The number of carbonyl (C=O) groups excluding carboxylic acids is 2. The summed E-state index contributed by atoms with van der Waals surface area (Å²) in [4.78, 5) is 23.0. The Bertz CT molecular complexity index is 631. The van der Waals surface area contributed by atoms with E-state index in [2.05, 4.69) is 25.2 Å². The Morgan fingerprint density at radius 1 is 1.30 bits per heavy atom. The molecule has 2 aliphatic carbocycles. The van der Waals surface area contributed by atoms with Crippen molar-refractivity contribution in [2.75, 3.05) is 0 Å². The second-order valence-corrected chi connectivity index (χ2v) is 8.67. The first-order valence-electron chi connectivity index (χ1n) is 10.9. The van der Waals surface area contributed by atoms with Gasteiger partial charge in [-0.05, 0) is 55.9 Å². The average Bonchev–Trinajstić information content (AvgIpc) is 2.66. The first-order valence-corrected chi connectivity index (χ1v) is 10.9. The summed E-state index contributed by atoms with van der Waals surface area (Å²) in [6.07, 6.45) is 7.64. The molecule has 2 N–H and O–H groups in total. The summed E-state index contributed by atoms with van der Waals surface area (Å²) in [6, 6.07) is 0. The molecule has 164 valence electrons. The van der Waals surface area contributed by atoms with Crippen molar-refractivity contribution in [2.45, 2.75) is 84.0 Å². The number of ether oxygens (including phenoxy) is 1. The van der Waals surface area contributed by atoms with Gasteiger partial charge in [-0.1, -0.05) is 39.0 Å². The van der Waals surface area contributed by atoms with Crippen LogP contribution in [0.1, 0.15) is 65.7 Å². The number of aliphatic carboxylic acids is 1. The monoisotopic (exact) mass is 430 g/mol. The third-order valence-corrected chi connectivity index (χ3v) is 6.41. The molecule has 2 rings (SSSR count). The minimum Gasteiger partial charge on any atom is -0.550 e. The van der Waals surface area contributed by atoms with E-state index in [1.165, 1.54) is 5.57 Å². The molecule has 0 aromatic carbocycles. The predicted molar refractivity (Wildman–Crippen MR) is 107 cm³/mol. The van der Waals surface area contributed by atoms with Crippen molar-refractivity contribution < 1.29 is 59.2 Å². The third kappa shape index (κ3) is 7.79. The van der Waals surface area contributed by atoms with E-state index < -0.39 is 24.6 Å². The molecule has 0 aromatic heterocycles. The van der Waals surface area contributed by atoms with Crippen LogP contribution in [0.5, 0.6) is 0 Å². The summed E-state index contributed by atoms with van der Waals surface area (Å²) in [5.41, 5.74) is 1.20. The number of aliphatic hydroxyl groups is 2. The number of fused-ring (bicyclic) bond motifs is 1. The van der Waals surface area contributed by atoms with Crippen LogP contribution in [0.25, 0.3) is 0 Å². The van der Waals surface area contributed by atoms with Gasteiger partial charge in [-0.15, -0.1) is 0 Å². The maximum atomic E-state index is 12.4. The summed E-state index contributed by atoms with van der Waals surface area (Å²) in [5, 5.41) is 30.6. The molecule has 30 heavy (non-hydrogen) atoms. The second-order valence-electron chi connectivity index (χ2n) is 8.67. The Kier molecular flexibility index (Phi) is 11.9. The molecule has 0 spiro atoms. The number of esters is 1. The van der Waals surface area contributed by atoms with Crippen LogP contribution in [-0.2, 0) is 14.3 Å². The Hall–Kier alpha value is -0.660. The summed E-state index contributed by atoms with van der Waals surface area (Å²) in [6.45, 7) is 6.00. The number of hydrogen-bond acceptors (Lipinski definition) is 6. The van der Waals surface area contributed by atoms with Crippen LogP contribution >= 0.6 is 0 Å². The molecule has 7 unspecified atom stereocenters. The van der Waals surface area contributed by atoms with E-state index in [1.807, 2.05) is 13.8 Å². The minimum absolute atomic E-state index is 0. The van der Waals surface area contributed by atoms with Crippen molar-refractivity contribution >= 4 is 11.9 Å². The molecule has 0 aliphatic heterocycles. The zero-order valence-corrected chi connectivity index (χ0v) is 20.8. The molecule has 0 saturated carbocycles. The van der Waals surface area contributed by atoms with Gasteiger partial charge in [0.15, 0.2) is 0 Å².